The van der Waals surface area contributed by atoms with Crippen molar-refractivity contribution < 1.29 is 23.4 Å². The highest BCUT2D eigenvalue weighted by Gasteiger charge is 2.74. The number of aliphatic hydroxyl groups is 2. The highest BCUT2D eigenvalue weighted by Crippen LogP contribution is 2.78. The van der Waals surface area contributed by atoms with Crippen molar-refractivity contribution in [2.24, 2.45) is 33.5 Å². The highest BCUT2D eigenvalue weighted by atomic mass is 32.2. The van der Waals surface area contributed by atoms with Gasteiger partial charge in [0.25, 0.3) is 10.0 Å². The molecule has 0 saturated heterocycles. The van der Waals surface area contributed by atoms with Gasteiger partial charge >= 0.3 is 0 Å². The van der Waals surface area contributed by atoms with Crippen LogP contribution in [0.15, 0.2) is 100 Å². The first-order valence-electron chi connectivity index (χ1n) is 18.4. The molecule has 50 heavy (non-hydrogen) atoms. The number of aliphatic hydroxyl groups excluding tert-OH is 1. The van der Waals surface area contributed by atoms with Gasteiger partial charge in [-0.3, -0.25) is 4.79 Å². The van der Waals surface area contributed by atoms with Crippen LogP contribution in [0.25, 0.3) is 11.1 Å². The van der Waals surface area contributed by atoms with Crippen LogP contribution in [0.5, 0.6) is 0 Å². The van der Waals surface area contributed by atoms with Crippen molar-refractivity contribution in [2.75, 3.05) is 13.1 Å². The van der Waals surface area contributed by atoms with E-state index < -0.39 is 38.0 Å². The molecule has 8 atom stereocenters. The lowest BCUT2D eigenvalue weighted by Gasteiger charge is -2.71. The average Bonchev–Trinajstić information content (AvgIpc) is 3.76. The van der Waals surface area contributed by atoms with Gasteiger partial charge < -0.3 is 10.2 Å². The van der Waals surface area contributed by atoms with E-state index in [9.17, 15) is 18.6 Å². The summed E-state index contributed by atoms with van der Waals surface area (Å²) in [5.74, 6) is 0.138. The number of rotatable bonds is 9. The van der Waals surface area contributed by atoms with Crippen molar-refractivity contribution >= 4 is 27.1 Å². The summed E-state index contributed by atoms with van der Waals surface area (Å²) in [7, 11) is -3.77. The molecule has 8 unspecified atom stereocenters. The van der Waals surface area contributed by atoms with E-state index in [1.807, 2.05) is 49.4 Å². The maximum Gasteiger partial charge on any atom is 0.252 e. The van der Waals surface area contributed by atoms with Gasteiger partial charge in [0.15, 0.2) is 5.78 Å². The van der Waals surface area contributed by atoms with Gasteiger partial charge in [0, 0.05) is 40.5 Å². The monoisotopic (exact) mass is 711 g/mol. The minimum atomic E-state index is -3.77. The minimum Gasteiger partial charge on any atom is -0.393 e. The Labute approximate surface area is 301 Å². The lowest BCUT2D eigenvalue weighted by atomic mass is 9.32. The van der Waals surface area contributed by atoms with Crippen LogP contribution in [0.2, 0.25) is 0 Å². The van der Waals surface area contributed by atoms with E-state index in [4.69, 9.17) is 0 Å². The summed E-state index contributed by atoms with van der Waals surface area (Å²) in [5, 5.41) is 25.7. The van der Waals surface area contributed by atoms with E-state index in [0.29, 0.717) is 42.0 Å². The zero-order valence-corrected chi connectivity index (χ0v) is 31.0. The minimum absolute atomic E-state index is 0.0213. The van der Waals surface area contributed by atoms with Gasteiger partial charge in [0.05, 0.1) is 11.7 Å². The molecule has 6 aliphatic carbocycles. The lowest BCUT2D eigenvalue weighted by Crippen LogP contribution is -2.67. The smallest absolute Gasteiger partial charge is 0.252 e. The predicted molar refractivity (Wildman–Crippen MR) is 198 cm³/mol. The third-order valence-corrected chi connectivity index (χ3v) is 17.4. The number of nitrogens with zero attached hydrogens (tertiary/aromatic N) is 1. The quantitative estimate of drug-likeness (QED) is 0.172. The van der Waals surface area contributed by atoms with Crippen molar-refractivity contribution in [3.05, 3.63) is 101 Å². The first kappa shape index (κ1) is 34.2. The van der Waals surface area contributed by atoms with Gasteiger partial charge in [-0.1, -0.05) is 99.7 Å². The van der Waals surface area contributed by atoms with E-state index in [-0.39, 0.29) is 29.6 Å². The van der Waals surface area contributed by atoms with Crippen LogP contribution in [0.1, 0.15) is 82.5 Å². The third kappa shape index (κ3) is 4.67. The number of fused-ring (bicyclic) bond motifs is 1. The Morgan fingerprint density at radius 3 is 2.26 bits per heavy atom. The number of thiophene rings is 1. The molecule has 1 aromatic heterocycles. The molecule has 0 aliphatic heterocycles. The summed E-state index contributed by atoms with van der Waals surface area (Å²) in [6.45, 7) is 6.91. The molecule has 3 aromatic rings. The topological polar surface area (TPSA) is 94.9 Å². The van der Waals surface area contributed by atoms with E-state index in [2.05, 4.69) is 44.2 Å². The molecule has 2 aromatic carbocycles. The first-order chi connectivity index (χ1) is 23.8. The second-order valence-corrected chi connectivity index (χ2v) is 19.5. The Kier molecular flexibility index (Phi) is 8.09. The van der Waals surface area contributed by atoms with Crippen LogP contribution in [-0.4, -0.2) is 53.5 Å². The Morgan fingerprint density at radius 1 is 0.880 bits per heavy atom. The summed E-state index contributed by atoms with van der Waals surface area (Å²) in [4.78, 5) is 15.0. The number of ketones is 1. The van der Waals surface area contributed by atoms with Crippen LogP contribution in [0.3, 0.4) is 0 Å². The van der Waals surface area contributed by atoms with E-state index in [1.54, 1.807) is 17.5 Å². The van der Waals surface area contributed by atoms with Crippen molar-refractivity contribution in [3.8, 4) is 11.1 Å². The summed E-state index contributed by atoms with van der Waals surface area (Å²) in [6.07, 6.45) is 12.1. The zero-order chi connectivity index (χ0) is 35.2. The molecule has 264 valence electrons. The molecule has 6 aliphatic rings. The molecule has 0 radical (unpaired) electrons. The Bertz CT molecular complexity index is 1960. The molecule has 2 N–H and O–H groups in total. The van der Waals surface area contributed by atoms with Gasteiger partial charge in [-0.05, 0) is 91.2 Å². The second kappa shape index (κ2) is 11.8. The molecule has 2 spiro atoms. The number of benzene rings is 2. The predicted octanol–water partition coefficient (Wildman–Crippen LogP) is 8.29. The third-order valence-electron chi connectivity index (χ3n) is 14.2. The van der Waals surface area contributed by atoms with Crippen LogP contribution in [0.4, 0.5) is 0 Å². The number of Topliss-reactive ketones (excluding diaryl/α,β-unsaturated/α-hetero) is 1. The summed E-state index contributed by atoms with van der Waals surface area (Å²) in [5.41, 5.74) is 0.572. The molecule has 1 heterocycles. The number of sulfonamides is 1. The molecular weight excluding hydrogens is 663 g/mol. The molecular formula is C42H49NO5S2. The molecule has 3 fully saturated rings. The van der Waals surface area contributed by atoms with Crippen LogP contribution < -0.4 is 0 Å². The molecule has 8 heteroatoms. The van der Waals surface area contributed by atoms with Crippen molar-refractivity contribution in [1.82, 2.24) is 4.31 Å². The van der Waals surface area contributed by atoms with Crippen molar-refractivity contribution in [1.29, 1.82) is 0 Å². The number of hydrogen-bond acceptors (Lipinski definition) is 6. The Balaban J connectivity index is 1.21. The fourth-order valence-electron chi connectivity index (χ4n) is 11.6. The normalized spacial score (nSPS) is 37.2. The fourth-order valence-corrected chi connectivity index (χ4v) is 14.3. The summed E-state index contributed by atoms with van der Waals surface area (Å²) in [6, 6.07) is 21.5. The van der Waals surface area contributed by atoms with Crippen molar-refractivity contribution in [2.45, 2.75) is 88.1 Å². The molecule has 9 rings (SSSR count). The maximum atomic E-state index is 15.0. The highest BCUT2D eigenvalue weighted by molar-refractivity contribution is 7.91. The average molecular weight is 712 g/mol. The van der Waals surface area contributed by atoms with Gasteiger partial charge in [-0.2, -0.15) is 4.31 Å². The van der Waals surface area contributed by atoms with Gasteiger partial charge in [0.2, 0.25) is 0 Å². The Morgan fingerprint density at radius 2 is 1.56 bits per heavy atom. The second-order valence-electron chi connectivity index (χ2n) is 16.4. The summed E-state index contributed by atoms with van der Waals surface area (Å²) >= 11 is 1.21. The largest absolute Gasteiger partial charge is 0.393 e. The fraction of sp³-hybridized carbons (Fsp3) is 0.500. The van der Waals surface area contributed by atoms with E-state index in [0.717, 1.165) is 42.4 Å². The van der Waals surface area contributed by atoms with Gasteiger partial charge in [-0.15, -0.1) is 11.3 Å². The number of allylic oxidation sites excluding steroid dienone is 4. The van der Waals surface area contributed by atoms with Gasteiger partial charge in [-0.25, -0.2) is 8.42 Å². The SMILES string of the molecule is CCCN(CC1(O)CCC2C34C=CC5(C=C3C(=O)c3ccc(-c6ccccc6)cc3)CC(O)CCC5(C)C4CCC21C)S(=O)(=O)c1cccs1. The van der Waals surface area contributed by atoms with Gasteiger partial charge in [0.1, 0.15) is 4.21 Å². The number of hydrogen-bond donors (Lipinski definition) is 2. The molecule has 6 nitrogen and oxygen atoms in total. The zero-order valence-electron chi connectivity index (χ0n) is 29.3. The van der Waals surface area contributed by atoms with Crippen molar-refractivity contribution in [3.63, 3.8) is 0 Å². The Hall–Kier alpha value is -2.88. The number of carbonyl (C=O) groups is 1. The number of carbonyl (C=O) groups excluding carboxylic acids is 1. The van der Waals surface area contributed by atoms with Crippen LogP contribution in [-0.2, 0) is 10.0 Å². The van der Waals surface area contributed by atoms with E-state index >= 15 is 4.79 Å². The van der Waals surface area contributed by atoms with Crippen LogP contribution in [0, 0.1) is 33.5 Å². The molecule has 0 amide bonds. The van der Waals surface area contributed by atoms with E-state index in [1.165, 1.54) is 15.6 Å². The standard InChI is InChI=1S/C42H49NO5S2/c1-4-24-43(50(47,48)36-11-8-25-49-36)28-41(46)21-18-35-39(41,3)20-17-34-38(2)19-16-32(44)26-40(38)22-23-42(34,35)33(27-40)37(45)31-14-12-30(13-15-31)29-9-6-5-7-10-29/h5-15,22-23,25,27,32,34-35,44,46H,4,16-21,24,26,28H2,1-3H3. The molecule has 3 saturated carbocycles. The summed E-state index contributed by atoms with van der Waals surface area (Å²) < 4.78 is 29.6. The first-order valence-corrected chi connectivity index (χ1v) is 20.7. The lowest BCUT2D eigenvalue weighted by molar-refractivity contribution is -0.173. The molecule has 2 bridgehead atoms. The van der Waals surface area contributed by atoms with Crippen LogP contribution >= 0.6 is 11.3 Å². The maximum absolute atomic E-state index is 15.0.